The monoisotopic (exact) mass is 294 g/mol. The van der Waals surface area contributed by atoms with Crippen LogP contribution in [0.25, 0.3) is 0 Å². The van der Waals surface area contributed by atoms with Crippen LogP contribution in [0.5, 0.6) is 0 Å². The zero-order valence-electron chi connectivity index (χ0n) is 13.0. The van der Waals surface area contributed by atoms with E-state index in [0.29, 0.717) is 19.1 Å². The first-order valence-electron chi connectivity index (χ1n) is 7.74. The fourth-order valence-corrected chi connectivity index (χ4v) is 2.94. The Kier molecular flexibility index (Phi) is 5.82. The number of aryl methyl sites for hydroxylation is 1. The molecule has 1 unspecified atom stereocenters. The maximum atomic E-state index is 12.3. The molecule has 0 aliphatic carbocycles. The van der Waals surface area contributed by atoms with Crippen molar-refractivity contribution in [3.8, 4) is 0 Å². The summed E-state index contributed by atoms with van der Waals surface area (Å²) < 4.78 is 5.51. The Bertz CT molecular complexity index is 458. The molecule has 1 aromatic heterocycles. The molecule has 1 amide bonds. The molecule has 5 nitrogen and oxygen atoms in total. The topological polar surface area (TPSA) is 56.9 Å². The predicted molar refractivity (Wildman–Crippen MR) is 80.8 cm³/mol. The second-order valence-electron chi connectivity index (χ2n) is 5.89. The molecule has 1 aliphatic heterocycles. The summed E-state index contributed by atoms with van der Waals surface area (Å²) in [7, 11) is 1.82. The lowest BCUT2D eigenvalue weighted by Crippen LogP contribution is -2.40. The lowest BCUT2D eigenvalue weighted by molar-refractivity contribution is -0.132. The quantitative estimate of drug-likeness (QED) is 0.833. The first kappa shape index (κ1) is 16.0. The highest BCUT2D eigenvalue weighted by molar-refractivity contribution is 5.78. The zero-order valence-corrected chi connectivity index (χ0v) is 13.0. The maximum Gasteiger partial charge on any atom is 0.236 e. The molecule has 1 N–H and O–H groups in total. The van der Waals surface area contributed by atoms with E-state index in [4.69, 9.17) is 9.52 Å². The van der Waals surface area contributed by atoms with Gasteiger partial charge < -0.3 is 14.4 Å². The fraction of sp³-hybridized carbons (Fsp3) is 0.688. The Morgan fingerprint density at radius 3 is 3.00 bits per heavy atom. The van der Waals surface area contributed by atoms with E-state index in [0.717, 1.165) is 43.7 Å². The van der Waals surface area contributed by atoms with Gasteiger partial charge in [0, 0.05) is 19.7 Å². The molecule has 5 heteroatoms. The lowest BCUT2D eigenvalue weighted by atomic mass is 10.1. The molecule has 21 heavy (non-hydrogen) atoms. The van der Waals surface area contributed by atoms with E-state index in [-0.39, 0.29) is 12.5 Å². The number of rotatable bonds is 7. The summed E-state index contributed by atoms with van der Waals surface area (Å²) in [5.41, 5.74) is 0. The first-order valence-corrected chi connectivity index (χ1v) is 7.74. The summed E-state index contributed by atoms with van der Waals surface area (Å²) in [6, 6.07) is 4.28. The van der Waals surface area contributed by atoms with E-state index in [1.807, 2.05) is 26.1 Å². The number of likely N-dealkylation sites (tertiary alicyclic amines) is 1. The summed E-state index contributed by atoms with van der Waals surface area (Å²) in [6.45, 7) is 4.10. The van der Waals surface area contributed by atoms with Crippen LogP contribution >= 0.6 is 0 Å². The molecule has 2 heterocycles. The van der Waals surface area contributed by atoms with Crippen molar-refractivity contribution in [1.82, 2.24) is 9.80 Å². The van der Waals surface area contributed by atoms with Crippen LogP contribution in [0.1, 0.15) is 37.2 Å². The first-order chi connectivity index (χ1) is 10.1. The summed E-state index contributed by atoms with van der Waals surface area (Å²) >= 11 is 0. The highest BCUT2D eigenvalue weighted by Gasteiger charge is 2.26. The van der Waals surface area contributed by atoms with Gasteiger partial charge in [-0.2, -0.15) is 0 Å². The molecule has 0 spiro atoms. The SMILES string of the molecule is Cc1ccc(CN(C)C(=O)CN2CCCC2CCCO)o1. The third kappa shape index (κ3) is 4.58. The van der Waals surface area contributed by atoms with Gasteiger partial charge in [-0.1, -0.05) is 0 Å². The molecule has 1 saturated heterocycles. The van der Waals surface area contributed by atoms with Crippen molar-refractivity contribution in [3.05, 3.63) is 23.7 Å². The van der Waals surface area contributed by atoms with Gasteiger partial charge >= 0.3 is 0 Å². The lowest BCUT2D eigenvalue weighted by Gasteiger charge is -2.26. The standard InChI is InChI=1S/C16H26N2O3/c1-13-7-8-15(21-13)11-17(2)16(20)12-18-9-3-5-14(18)6-4-10-19/h7-8,14,19H,3-6,9-12H2,1-2H3. The summed E-state index contributed by atoms with van der Waals surface area (Å²) in [6.07, 6.45) is 4.07. The number of nitrogens with zero attached hydrogens (tertiary/aromatic N) is 2. The van der Waals surface area contributed by atoms with Gasteiger partial charge in [-0.15, -0.1) is 0 Å². The third-order valence-corrected chi connectivity index (χ3v) is 4.15. The van der Waals surface area contributed by atoms with Crippen LogP contribution in [-0.4, -0.2) is 53.6 Å². The number of likely N-dealkylation sites (N-methyl/N-ethyl adjacent to an activating group) is 1. The Hall–Kier alpha value is -1.33. The molecular weight excluding hydrogens is 268 g/mol. The largest absolute Gasteiger partial charge is 0.464 e. The number of hydrogen-bond donors (Lipinski definition) is 1. The van der Waals surface area contributed by atoms with Crippen LogP contribution in [0.2, 0.25) is 0 Å². The number of aliphatic hydroxyl groups excluding tert-OH is 1. The minimum Gasteiger partial charge on any atom is -0.464 e. The van der Waals surface area contributed by atoms with Crippen LogP contribution in [-0.2, 0) is 11.3 Å². The maximum absolute atomic E-state index is 12.3. The van der Waals surface area contributed by atoms with E-state index in [1.54, 1.807) is 4.90 Å². The molecule has 2 rings (SSSR count). The van der Waals surface area contributed by atoms with Crippen LogP contribution in [0.3, 0.4) is 0 Å². The fourth-order valence-electron chi connectivity index (χ4n) is 2.94. The predicted octanol–water partition coefficient (Wildman–Crippen LogP) is 1.78. The normalized spacial score (nSPS) is 19.1. The number of hydrogen-bond acceptors (Lipinski definition) is 4. The van der Waals surface area contributed by atoms with Crippen LogP contribution in [0.4, 0.5) is 0 Å². The molecule has 1 aromatic rings. The van der Waals surface area contributed by atoms with Gasteiger partial charge in [0.25, 0.3) is 0 Å². The summed E-state index contributed by atoms with van der Waals surface area (Å²) in [5.74, 6) is 1.82. The second kappa shape index (κ2) is 7.61. The molecule has 0 saturated carbocycles. The highest BCUT2D eigenvalue weighted by Crippen LogP contribution is 2.21. The Labute approximate surface area is 126 Å². The van der Waals surface area contributed by atoms with E-state index in [1.165, 1.54) is 0 Å². The van der Waals surface area contributed by atoms with E-state index in [9.17, 15) is 4.79 Å². The van der Waals surface area contributed by atoms with Gasteiger partial charge in [-0.25, -0.2) is 0 Å². The van der Waals surface area contributed by atoms with Gasteiger partial charge in [-0.3, -0.25) is 9.69 Å². The molecule has 0 aromatic carbocycles. The average Bonchev–Trinajstić information content (AvgIpc) is 3.05. The molecule has 118 valence electrons. The number of amides is 1. The smallest absolute Gasteiger partial charge is 0.236 e. The van der Waals surface area contributed by atoms with Gasteiger partial charge in [0.2, 0.25) is 5.91 Å². The molecule has 1 atom stereocenters. The van der Waals surface area contributed by atoms with E-state index >= 15 is 0 Å². The van der Waals surface area contributed by atoms with Gasteiger partial charge in [0.05, 0.1) is 13.1 Å². The number of carbonyl (C=O) groups excluding carboxylic acids is 1. The van der Waals surface area contributed by atoms with Crippen molar-refractivity contribution < 1.29 is 14.3 Å². The second-order valence-corrected chi connectivity index (χ2v) is 5.89. The Balaban J connectivity index is 1.82. The van der Waals surface area contributed by atoms with Crippen molar-refractivity contribution in [2.45, 2.75) is 45.2 Å². The number of aliphatic hydroxyl groups is 1. The molecule has 0 bridgehead atoms. The molecule has 0 radical (unpaired) electrons. The minimum atomic E-state index is 0.125. The summed E-state index contributed by atoms with van der Waals surface area (Å²) in [5, 5.41) is 8.94. The third-order valence-electron chi connectivity index (χ3n) is 4.15. The van der Waals surface area contributed by atoms with Crippen molar-refractivity contribution in [2.24, 2.45) is 0 Å². The van der Waals surface area contributed by atoms with Gasteiger partial charge in [0.1, 0.15) is 11.5 Å². The van der Waals surface area contributed by atoms with Crippen molar-refractivity contribution in [1.29, 1.82) is 0 Å². The Morgan fingerprint density at radius 1 is 1.52 bits per heavy atom. The van der Waals surface area contributed by atoms with Crippen LogP contribution < -0.4 is 0 Å². The van der Waals surface area contributed by atoms with Gasteiger partial charge in [-0.05, 0) is 51.3 Å². The summed E-state index contributed by atoms with van der Waals surface area (Å²) in [4.78, 5) is 16.3. The molecule has 1 aliphatic rings. The molecular formula is C16H26N2O3. The zero-order chi connectivity index (χ0) is 15.2. The van der Waals surface area contributed by atoms with Crippen LogP contribution in [0, 0.1) is 6.92 Å². The van der Waals surface area contributed by atoms with Crippen LogP contribution in [0.15, 0.2) is 16.5 Å². The number of furan rings is 1. The van der Waals surface area contributed by atoms with E-state index in [2.05, 4.69) is 4.90 Å². The molecule has 1 fully saturated rings. The van der Waals surface area contributed by atoms with Crippen molar-refractivity contribution >= 4 is 5.91 Å². The van der Waals surface area contributed by atoms with Gasteiger partial charge in [0.15, 0.2) is 0 Å². The van der Waals surface area contributed by atoms with Crippen molar-refractivity contribution in [2.75, 3.05) is 26.7 Å². The Morgan fingerprint density at radius 2 is 2.33 bits per heavy atom. The highest BCUT2D eigenvalue weighted by atomic mass is 16.3. The number of carbonyl (C=O) groups is 1. The average molecular weight is 294 g/mol. The van der Waals surface area contributed by atoms with E-state index < -0.39 is 0 Å². The van der Waals surface area contributed by atoms with Crippen molar-refractivity contribution in [3.63, 3.8) is 0 Å². The minimum absolute atomic E-state index is 0.125.